The van der Waals surface area contributed by atoms with Crippen LogP contribution in [-0.4, -0.2) is 21.1 Å². The minimum atomic E-state index is 0.162. The summed E-state index contributed by atoms with van der Waals surface area (Å²) in [6, 6.07) is 8.70. The molecule has 0 bridgehead atoms. The number of nitrogens with two attached hydrogens (primary N) is 1. The summed E-state index contributed by atoms with van der Waals surface area (Å²) in [4.78, 5) is 1.36. The number of benzene rings is 1. The fourth-order valence-electron chi connectivity index (χ4n) is 2.84. The molecule has 2 heterocycles. The first-order valence-corrected chi connectivity index (χ1v) is 8.24. The number of nitrogens with one attached hydrogen (secondary N) is 1. The standard InChI is InChI=1S/C15H19ClN4S/c1-9-15(16)12(20(2)19-9)8-11(18-17)14-7-10-5-3-4-6-13(10)21-14/h3-6,11,14,18H,7-8,17H2,1-2H3. The van der Waals surface area contributed by atoms with Crippen LogP contribution in [0.5, 0.6) is 0 Å². The predicted molar refractivity (Wildman–Crippen MR) is 87.6 cm³/mol. The molecule has 0 amide bonds. The van der Waals surface area contributed by atoms with Gasteiger partial charge in [0.1, 0.15) is 0 Å². The highest BCUT2D eigenvalue weighted by molar-refractivity contribution is 8.00. The average Bonchev–Trinajstić information content (AvgIpc) is 3.00. The first-order valence-electron chi connectivity index (χ1n) is 6.98. The highest BCUT2D eigenvalue weighted by Crippen LogP contribution is 2.39. The molecule has 0 aliphatic carbocycles. The minimum Gasteiger partial charge on any atom is -0.271 e. The zero-order valence-corrected chi connectivity index (χ0v) is 13.7. The second-order valence-corrected chi connectivity index (χ2v) is 7.07. The molecule has 6 heteroatoms. The van der Waals surface area contributed by atoms with E-state index in [2.05, 4.69) is 34.8 Å². The van der Waals surface area contributed by atoms with E-state index in [1.54, 1.807) is 0 Å². The Kier molecular flexibility index (Phi) is 4.26. The first kappa shape index (κ1) is 14.9. The maximum atomic E-state index is 6.35. The summed E-state index contributed by atoms with van der Waals surface area (Å²) in [5, 5.41) is 5.54. The molecular formula is C15H19ClN4S. The molecule has 0 fully saturated rings. The van der Waals surface area contributed by atoms with E-state index in [0.29, 0.717) is 5.25 Å². The molecule has 1 aliphatic heterocycles. The Hall–Kier alpha value is -1.01. The smallest absolute Gasteiger partial charge is 0.0847 e. The van der Waals surface area contributed by atoms with Crippen molar-refractivity contribution in [1.29, 1.82) is 0 Å². The second-order valence-electron chi connectivity index (χ2n) is 5.42. The Labute approximate surface area is 134 Å². The van der Waals surface area contributed by atoms with E-state index in [9.17, 15) is 0 Å². The Morgan fingerprint density at radius 2 is 2.29 bits per heavy atom. The summed E-state index contributed by atoms with van der Waals surface area (Å²) in [6.45, 7) is 1.93. The molecule has 1 aromatic carbocycles. The fraction of sp³-hybridized carbons (Fsp3) is 0.400. The largest absolute Gasteiger partial charge is 0.271 e. The molecule has 0 spiro atoms. The van der Waals surface area contributed by atoms with Crippen LogP contribution >= 0.6 is 23.4 Å². The predicted octanol–water partition coefficient (Wildman–Crippen LogP) is 2.47. The van der Waals surface area contributed by atoms with E-state index < -0.39 is 0 Å². The summed E-state index contributed by atoms with van der Waals surface area (Å²) in [5.74, 6) is 5.81. The van der Waals surface area contributed by atoms with E-state index in [1.807, 2.05) is 30.4 Å². The topological polar surface area (TPSA) is 55.9 Å². The number of hydrogen-bond acceptors (Lipinski definition) is 4. The fourth-order valence-corrected chi connectivity index (χ4v) is 4.47. The average molecular weight is 323 g/mol. The third kappa shape index (κ3) is 2.83. The van der Waals surface area contributed by atoms with Crippen LogP contribution in [0.1, 0.15) is 17.0 Å². The summed E-state index contributed by atoms with van der Waals surface area (Å²) in [7, 11) is 1.93. The molecule has 1 aliphatic rings. The second kappa shape index (κ2) is 6.01. The van der Waals surface area contributed by atoms with Crippen LogP contribution in [-0.2, 0) is 19.9 Å². The molecular weight excluding hydrogens is 304 g/mol. The van der Waals surface area contributed by atoms with Gasteiger partial charge in [0, 0.05) is 29.7 Å². The molecule has 2 atom stereocenters. The number of nitrogens with zero attached hydrogens (tertiary/aromatic N) is 2. The molecule has 0 saturated carbocycles. The van der Waals surface area contributed by atoms with E-state index in [0.717, 1.165) is 29.3 Å². The highest BCUT2D eigenvalue weighted by Gasteiger charge is 2.30. The van der Waals surface area contributed by atoms with Crippen LogP contribution in [0.4, 0.5) is 0 Å². The first-order chi connectivity index (χ1) is 10.1. The molecule has 1 aromatic heterocycles. The monoisotopic (exact) mass is 322 g/mol. The van der Waals surface area contributed by atoms with Gasteiger partial charge >= 0.3 is 0 Å². The van der Waals surface area contributed by atoms with Crippen LogP contribution in [0.25, 0.3) is 0 Å². The van der Waals surface area contributed by atoms with Gasteiger partial charge in [0.2, 0.25) is 0 Å². The van der Waals surface area contributed by atoms with E-state index in [-0.39, 0.29) is 6.04 Å². The van der Waals surface area contributed by atoms with Gasteiger partial charge in [0.05, 0.1) is 16.4 Å². The molecule has 0 saturated heterocycles. The zero-order chi connectivity index (χ0) is 15.0. The van der Waals surface area contributed by atoms with Gasteiger partial charge in [-0.1, -0.05) is 29.8 Å². The Bertz CT molecular complexity index is 630. The van der Waals surface area contributed by atoms with Gasteiger partial charge in [-0.15, -0.1) is 11.8 Å². The maximum Gasteiger partial charge on any atom is 0.0847 e. The summed E-state index contributed by atoms with van der Waals surface area (Å²) in [5.41, 5.74) is 6.28. The molecule has 21 heavy (non-hydrogen) atoms. The van der Waals surface area contributed by atoms with Gasteiger partial charge in [-0.25, -0.2) is 0 Å². The van der Waals surface area contributed by atoms with Crippen LogP contribution in [0.3, 0.4) is 0 Å². The van der Waals surface area contributed by atoms with E-state index >= 15 is 0 Å². The molecule has 2 aromatic rings. The van der Waals surface area contributed by atoms with E-state index in [1.165, 1.54) is 10.5 Å². The Morgan fingerprint density at radius 3 is 2.90 bits per heavy atom. The normalized spacial score (nSPS) is 18.8. The number of rotatable bonds is 4. The van der Waals surface area contributed by atoms with Gasteiger partial charge in [-0.2, -0.15) is 5.10 Å². The Balaban J connectivity index is 1.78. The van der Waals surface area contributed by atoms with Gasteiger partial charge in [-0.3, -0.25) is 16.0 Å². The molecule has 3 rings (SSSR count). The van der Waals surface area contributed by atoms with Crippen LogP contribution in [0.15, 0.2) is 29.2 Å². The zero-order valence-electron chi connectivity index (χ0n) is 12.1. The molecule has 0 radical (unpaired) electrons. The van der Waals surface area contributed by atoms with Crippen molar-refractivity contribution < 1.29 is 0 Å². The maximum absolute atomic E-state index is 6.35. The van der Waals surface area contributed by atoms with E-state index in [4.69, 9.17) is 17.4 Å². The lowest BCUT2D eigenvalue weighted by Crippen LogP contribution is -2.44. The van der Waals surface area contributed by atoms with Crippen molar-refractivity contribution in [2.24, 2.45) is 12.9 Å². The molecule has 3 N–H and O–H groups in total. The number of aromatic nitrogens is 2. The lowest BCUT2D eigenvalue weighted by Gasteiger charge is -2.22. The highest BCUT2D eigenvalue weighted by atomic mass is 35.5. The summed E-state index contributed by atoms with van der Waals surface area (Å²) >= 11 is 8.24. The van der Waals surface area contributed by atoms with Crippen molar-refractivity contribution in [3.05, 3.63) is 46.2 Å². The van der Waals surface area contributed by atoms with Crippen molar-refractivity contribution in [2.75, 3.05) is 0 Å². The van der Waals surface area contributed by atoms with Gasteiger partial charge in [-0.05, 0) is 25.0 Å². The minimum absolute atomic E-state index is 0.162. The van der Waals surface area contributed by atoms with Crippen molar-refractivity contribution in [2.45, 2.75) is 36.0 Å². The van der Waals surface area contributed by atoms with Gasteiger partial charge in [0.25, 0.3) is 0 Å². The number of halogens is 1. The number of hydrazine groups is 1. The summed E-state index contributed by atoms with van der Waals surface area (Å²) in [6.07, 6.45) is 1.81. The number of fused-ring (bicyclic) bond motifs is 1. The Morgan fingerprint density at radius 1 is 1.52 bits per heavy atom. The van der Waals surface area contributed by atoms with Gasteiger partial charge in [0.15, 0.2) is 0 Å². The molecule has 2 unspecified atom stereocenters. The lowest BCUT2D eigenvalue weighted by atomic mass is 10.0. The van der Waals surface area contributed by atoms with Crippen molar-refractivity contribution in [3.8, 4) is 0 Å². The third-order valence-electron chi connectivity index (χ3n) is 4.01. The van der Waals surface area contributed by atoms with Crippen molar-refractivity contribution >= 4 is 23.4 Å². The number of aryl methyl sites for hydroxylation is 2. The molecule has 112 valence electrons. The number of hydrogen-bond donors (Lipinski definition) is 2. The van der Waals surface area contributed by atoms with Crippen LogP contribution in [0.2, 0.25) is 5.02 Å². The summed E-state index contributed by atoms with van der Waals surface area (Å²) < 4.78 is 1.86. The SMILES string of the molecule is Cc1nn(C)c(CC(NN)C2Cc3ccccc3S2)c1Cl. The van der Waals surface area contributed by atoms with Crippen LogP contribution < -0.4 is 11.3 Å². The lowest BCUT2D eigenvalue weighted by molar-refractivity contribution is 0.491. The van der Waals surface area contributed by atoms with Gasteiger partial charge < -0.3 is 0 Å². The quantitative estimate of drug-likeness (QED) is 0.670. The van der Waals surface area contributed by atoms with Crippen LogP contribution in [0, 0.1) is 6.92 Å². The van der Waals surface area contributed by atoms with Crippen molar-refractivity contribution in [1.82, 2.24) is 15.2 Å². The molecule has 4 nitrogen and oxygen atoms in total. The van der Waals surface area contributed by atoms with Crippen molar-refractivity contribution in [3.63, 3.8) is 0 Å². The number of thioether (sulfide) groups is 1. The third-order valence-corrected chi connectivity index (χ3v) is 5.95.